The van der Waals surface area contributed by atoms with E-state index in [1.807, 2.05) is 13.0 Å². The second kappa shape index (κ2) is 9.84. The highest BCUT2D eigenvalue weighted by atomic mass is 32.2. The summed E-state index contributed by atoms with van der Waals surface area (Å²) < 4.78 is 0. The number of ketones is 1. The Labute approximate surface area is 172 Å². The second-order valence-electron chi connectivity index (χ2n) is 6.37. The quantitative estimate of drug-likeness (QED) is 0.338. The molecule has 0 atom stereocenters. The minimum Gasteiger partial charge on any atom is -0.325 e. The predicted octanol–water partition coefficient (Wildman–Crippen LogP) is 3.68. The number of thioether (sulfide) groups is 1. The largest absolute Gasteiger partial charge is 0.325 e. The van der Waals surface area contributed by atoms with E-state index in [0.717, 1.165) is 18.2 Å². The summed E-state index contributed by atoms with van der Waals surface area (Å²) in [7, 11) is 0. The third kappa shape index (κ3) is 5.65. The van der Waals surface area contributed by atoms with Gasteiger partial charge in [0.2, 0.25) is 5.91 Å². The molecular weight excluding hydrogens is 386 g/mol. The Morgan fingerprint density at radius 3 is 2.55 bits per heavy atom. The zero-order chi connectivity index (χ0) is 20.6. The summed E-state index contributed by atoms with van der Waals surface area (Å²) >= 11 is 1.15. The van der Waals surface area contributed by atoms with Crippen molar-refractivity contribution in [2.24, 2.45) is 0 Å². The number of benzene rings is 2. The highest BCUT2D eigenvalue weighted by molar-refractivity contribution is 7.99. The summed E-state index contributed by atoms with van der Waals surface area (Å²) in [5.74, 6) is -0.383. The van der Waals surface area contributed by atoms with E-state index >= 15 is 0 Å². The van der Waals surface area contributed by atoms with Gasteiger partial charge in [0.25, 0.3) is 5.56 Å². The van der Waals surface area contributed by atoms with Gasteiger partial charge >= 0.3 is 0 Å². The van der Waals surface area contributed by atoms with Crippen LogP contribution in [0.25, 0.3) is 0 Å². The van der Waals surface area contributed by atoms with Crippen LogP contribution in [0.15, 0.2) is 70.6 Å². The molecule has 0 spiro atoms. The normalized spacial score (nSPS) is 10.5. The number of anilines is 1. The molecule has 2 aromatic carbocycles. The maximum Gasteiger partial charge on any atom is 0.251 e. The van der Waals surface area contributed by atoms with E-state index in [4.69, 9.17) is 0 Å². The summed E-state index contributed by atoms with van der Waals surface area (Å²) in [6.07, 6.45) is 1.59. The van der Waals surface area contributed by atoms with Crippen LogP contribution in [-0.2, 0) is 11.2 Å². The van der Waals surface area contributed by atoms with Crippen LogP contribution < -0.4 is 10.9 Å². The topological polar surface area (TPSA) is 91.9 Å². The number of rotatable bonds is 8. The Bertz CT molecular complexity index is 1060. The second-order valence-corrected chi connectivity index (χ2v) is 7.33. The van der Waals surface area contributed by atoms with Gasteiger partial charge in [-0.15, -0.1) is 0 Å². The number of amides is 1. The predicted molar refractivity (Wildman–Crippen MR) is 115 cm³/mol. The molecule has 1 aromatic heterocycles. The van der Waals surface area contributed by atoms with Gasteiger partial charge in [-0.2, -0.15) is 0 Å². The molecule has 29 heavy (non-hydrogen) atoms. The van der Waals surface area contributed by atoms with E-state index < -0.39 is 0 Å². The molecule has 3 aromatic rings. The van der Waals surface area contributed by atoms with Gasteiger partial charge in [-0.1, -0.05) is 67.6 Å². The van der Waals surface area contributed by atoms with Crippen molar-refractivity contribution >= 4 is 29.1 Å². The molecular formula is C22H21N3O3S. The first-order valence-electron chi connectivity index (χ1n) is 9.28. The fourth-order valence-corrected chi connectivity index (χ4v) is 3.49. The van der Waals surface area contributed by atoms with Crippen molar-refractivity contribution in [3.63, 3.8) is 0 Å². The molecule has 0 bridgehead atoms. The molecule has 0 unspecified atom stereocenters. The summed E-state index contributed by atoms with van der Waals surface area (Å²) in [5.41, 5.74) is 1.91. The molecule has 0 saturated carbocycles. The third-order valence-electron chi connectivity index (χ3n) is 4.10. The van der Waals surface area contributed by atoms with Crippen LogP contribution in [0.5, 0.6) is 0 Å². The molecule has 0 aliphatic carbocycles. The minimum absolute atomic E-state index is 0.0619. The maximum atomic E-state index is 12.8. The Morgan fingerprint density at radius 1 is 1.07 bits per heavy atom. The molecule has 0 fully saturated rings. The summed E-state index contributed by atoms with van der Waals surface area (Å²) in [5, 5.41) is 3.19. The van der Waals surface area contributed by atoms with E-state index in [-0.39, 0.29) is 23.0 Å². The lowest BCUT2D eigenvalue weighted by atomic mass is 10.0. The van der Waals surface area contributed by atoms with Crippen molar-refractivity contribution in [2.45, 2.75) is 24.9 Å². The summed E-state index contributed by atoms with van der Waals surface area (Å²) in [4.78, 5) is 43.9. The van der Waals surface area contributed by atoms with E-state index in [1.165, 1.54) is 6.07 Å². The van der Waals surface area contributed by atoms with Gasteiger partial charge in [0, 0.05) is 22.9 Å². The number of H-pyrrole nitrogens is 1. The van der Waals surface area contributed by atoms with Gasteiger partial charge in [0.15, 0.2) is 10.9 Å². The highest BCUT2D eigenvalue weighted by Gasteiger charge is 2.15. The van der Waals surface area contributed by atoms with Crippen molar-refractivity contribution < 1.29 is 9.59 Å². The molecule has 6 nitrogen and oxygen atoms in total. The van der Waals surface area contributed by atoms with Crippen LogP contribution in [0.3, 0.4) is 0 Å². The zero-order valence-electron chi connectivity index (χ0n) is 16.0. The van der Waals surface area contributed by atoms with Gasteiger partial charge in [-0.3, -0.25) is 14.4 Å². The molecule has 2 N–H and O–H groups in total. The number of aromatic amines is 1. The smallest absolute Gasteiger partial charge is 0.251 e. The Balaban J connectivity index is 1.69. The molecule has 7 heteroatoms. The molecule has 0 aliphatic rings. The number of para-hydroxylation sites is 1. The molecule has 0 radical (unpaired) electrons. The monoisotopic (exact) mass is 407 g/mol. The van der Waals surface area contributed by atoms with Crippen LogP contribution in [0.1, 0.15) is 35.0 Å². The first-order chi connectivity index (χ1) is 14.1. The lowest BCUT2D eigenvalue weighted by Gasteiger charge is -2.10. The van der Waals surface area contributed by atoms with Gasteiger partial charge in [-0.05, 0) is 18.6 Å². The average molecular weight is 407 g/mol. The number of carbonyl (C=O) groups is 2. The number of hydrogen-bond acceptors (Lipinski definition) is 5. The maximum absolute atomic E-state index is 12.8. The fraction of sp³-hybridized carbons (Fsp3) is 0.182. The number of carbonyl (C=O) groups excluding carboxylic acids is 2. The van der Waals surface area contributed by atoms with Crippen molar-refractivity contribution in [2.75, 3.05) is 11.1 Å². The van der Waals surface area contributed by atoms with E-state index in [2.05, 4.69) is 15.3 Å². The number of hydrogen-bond donors (Lipinski definition) is 2. The van der Waals surface area contributed by atoms with Crippen LogP contribution >= 0.6 is 11.8 Å². The average Bonchev–Trinajstić information content (AvgIpc) is 2.73. The minimum atomic E-state index is -0.285. The van der Waals surface area contributed by atoms with E-state index in [0.29, 0.717) is 34.1 Å². The van der Waals surface area contributed by atoms with E-state index in [1.54, 1.807) is 48.5 Å². The summed E-state index contributed by atoms with van der Waals surface area (Å²) in [6.45, 7) is 2.01. The van der Waals surface area contributed by atoms with Crippen LogP contribution in [0.2, 0.25) is 0 Å². The number of aryl methyl sites for hydroxylation is 1. The van der Waals surface area contributed by atoms with Gasteiger partial charge in [-0.25, -0.2) is 4.98 Å². The van der Waals surface area contributed by atoms with Gasteiger partial charge in [0.1, 0.15) is 0 Å². The number of aromatic nitrogens is 2. The zero-order valence-corrected chi connectivity index (χ0v) is 16.8. The van der Waals surface area contributed by atoms with Crippen molar-refractivity contribution in [3.05, 3.63) is 87.8 Å². The molecule has 1 heterocycles. The van der Waals surface area contributed by atoms with Crippen LogP contribution in [0.4, 0.5) is 5.69 Å². The van der Waals surface area contributed by atoms with Crippen molar-refractivity contribution in [1.29, 1.82) is 0 Å². The van der Waals surface area contributed by atoms with Gasteiger partial charge < -0.3 is 10.3 Å². The Hall–Kier alpha value is -3.19. The molecule has 3 rings (SSSR count). The Kier molecular flexibility index (Phi) is 6.97. The SMILES string of the molecule is CCCc1cc(=O)[nH]c(SCC(=O)Nc2ccccc2C(=O)c2ccccc2)n1. The lowest BCUT2D eigenvalue weighted by Crippen LogP contribution is -2.18. The highest BCUT2D eigenvalue weighted by Crippen LogP contribution is 2.20. The standard InChI is InChI=1S/C22H21N3O3S/c1-2-8-16-13-19(26)25-22(23-16)29-14-20(27)24-18-12-7-6-11-17(18)21(28)15-9-4-3-5-10-15/h3-7,9-13H,2,8,14H2,1H3,(H,24,27)(H,23,25,26). The van der Waals surface area contributed by atoms with Crippen LogP contribution in [0, 0.1) is 0 Å². The first-order valence-corrected chi connectivity index (χ1v) is 10.3. The lowest BCUT2D eigenvalue weighted by molar-refractivity contribution is -0.113. The number of nitrogens with zero attached hydrogens (tertiary/aromatic N) is 1. The third-order valence-corrected chi connectivity index (χ3v) is 4.97. The molecule has 1 amide bonds. The van der Waals surface area contributed by atoms with Crippen molar-refractivity contribution in [1.82, 2.24) is 9.97 Å². The first kappa shape index (κ1) is 20.5. The van der Waals surface area contributed by atoms with Gasteiger partial charge in [0.05, 0.1) is 11.4 Å². The Morgan fingerprint density at radius 2 is 1.79 bits per heavy atom. The summed E-state index contributed by atoms with van der Waals surface area (Å²) in [6, 6.07) is 17.3. The van der Waals surface area contributed by atoms with Crippen molar-refractivity contribution in [3.8, 4) is 0 Å². The fourth-order valence-electron chi connectivity index (χ4n) is 2.79. The van der Waals surface area contributed by atoms with E-state index in [9.17, 15) is 14.4 Å². The molecule has 0 aliphatic heterocycles. The molecule has 0 saturated heterocycles. The molecule has 148 valence electrons. The number of nitrogens with one attached hydrogen (secondary N) is 2. The van der Waals surface area contributed by atoms with Crippen LogP contribution in [-0.4, -0.2) is 27.4 Å².